The maximum absolute atomic E-state index is 14.2. The number of methoxy groups -OCH3 is 1. The zero-order chi connectivity index (χ0) is 60.9. The van der Waals surface area contributed by atoms with Crippen LogP contribution in [0.15, 0.2) is 0 Å². The molecule has 0 saturated carbocycles. The van der Waals surface area contributed by atoms with Gasteiger partial charge in [-0.25, -0.2) is 9.59 Å². The van der Waals surface area contributed by atoms with E-state index in [2.05, 4.69) is 53.2 Å². The fourth-order valence-corrected chi connectivity index (χ4v) is 7.91. The summed E-state index contributed by atoms with van der Waals surface area (Å²) >= 11 is 0. The Hall–Kier alpha value is -6.56. The molecule has 10 N–H and O–H groups in total. The largest absolute Gasteiger partial charge is 0.467 e. The van der Waals surface area contributed by atoms with Crippen molar-refractivity contribution in [2.75, 3.05) is 20.2 Å². The number of carbonyl (C=O) groups is 12. The van der Waals surface area contributed by atoms with Crippen molar-refractivity contribution >= 4 is 71.1 Å². The third-order valence-electron chi connectivity index (χ3n) is 12.4. The summed E-state index contributed by atoms with van der Waals surface area (Å²) in [6.45, 7) is 30.9. The number of rotatable bonds is 26. The fraction of sp³-hybridized carbons (Fsp3) is 0.774. The van der Waals surface area contributed by atoms with Crippen molar-refractivity contribution in [1.29, 1.82) is 0 Å². The van der Waals surface area contributed by atoms with Gasteiger partial charge < -0.3 is 67.5 Å². The molecule has 0 bridgehead atoms. The van der Waals surface area contributed by atoms with Crippen LogP contribution < -0.4 is 53.2 Å². The zero-order valence-electron chi connectivity index (χ0n) is 50.0. The number of hydrogen-bond acceptors (Lipinski definition) is 14. The minimum absolute atomic E-state index is 0.121. The molecule has 0 spiro atoms. The highest BCUT2D eigenvalue weighted by molar-refractivity contribution is 6.01. The Morgan fingerprint density at radius 3 is 1.47 bits per heavy atom. The number of nitrogens with one attached hydrogen (secondary N) is 10. The van der Waals surface area contributed by atoms with Crippen molar-refractivity contribution in [2.24, 2.45) is 17.8 Å². The second kappa shape index (κ2) is 27.8. The summed E-state index contributed by atoms with van der Waals surface area (Å²) in [6, 6.07) is -5.61. The molecule has 25 nitrogen and oxygen atoms in total. The minimum atomic E-state index is -1.64. The molecule has 0 radical (unpaired) electrons. The van der Waals surface area contributed by atoms with Crippen molar-refractivity contribution < 1.29 is 67.0 Å². The van der Waals surface area contributed by atoms with E-state index in [0.717, 1.165) is 0 Å². The first kappa shape index (κ1) is 69.5. The zero-order valence-corrected chi connectivity index (χ0v) is 50.0. The molecule has 1 heterocycles. The van der Waals surface area contributed by atoms with Crippen molar-refractivity contribution in [1.82, 2.24) is 58.1 Å². The van der Waals surface area contributed by atoms with Crippen LogP contribution in [-0.2, 0) is 62.2 Å². The Balaban J connectivity index is 3.08. The van der Waals surface area contributed by atoms with Crippen molar-refractivity contribution in [2.45, 2.75) is 228 Å². The van der Waals surface area contributed by atoms with E-state index < -0.39 is 147 Å². The molecule has 1 rings (SSSR count). The van der Waals surface area contributed by atoms with Crippen LogP contribution in [0.25, 0.3) is 0 Å². The molecule has 444 valence electrons. The number of amides is 11. The monoisotopic (exact) mass is 1110 g/mol. The van der Waals surface area contributed by atoms with Crippen LogP contribution >= 0.6 is 0 Å². The number of ether oxygens (including phenoxy) is 2. The van der Waals surface area contributed by atoms with Gasteiger partial charge in [0.05, 0.1) is 13.7 Å². The summed E-state index contributed by atoms with van der Waals surface area (Å²) in [5, 5.41) is 26.0. The number of nitrogens with zero attached hydrogens (tertiary/aromatic N) is 1. The summed E-state index contributed by atoms with van der Waals surface area (Å²) in [7, 11) is 1.18. The Morgan fingerprint density at radius 2 is 0.987 bits per heavy atom. The topological polar surface area (TPSA) is 347 Å². The van der Waals surface area contributed by atoms with Crippen LogP contribution in [-0.4, -0.2) is 160 Å². The number of esters is 1. The second-order valence-electron chi connectivity index (χ2n) is 24.9. The van der Waals surface area contributed by atoms with Gasteiger partial charge in [0.1, 0.15) is 63.5 Å². The van der Waals surface area contributed by atoms with E-state index in [1.54, 1.807) is 34.6 Å². The van der Waals surface area contributed by atoms with Gasteiger partial charge in [-0.05, 0) is 140 Å². The molecule has 0 aliphatic carbocycles. The lowest BCUT2D eigenvalue weighted by Gasteiger charge is -2.35. The molecule has 5 atom stereocenters. The van der Waals surface area contributed by atoms with Gasteiger partial charge in [0.2, 0.25) is 59.1 Å². The van der Waals surface area contributed by atoms with Gasteiger partial charge in [-0.1, -0.05) is 41.5 Å². The van der Waals surface area contributed by atoms with Crippen molar-refractivity contribution in [3.05, 3.63) is 0 Å². The van der Waals surface area contributed by atoms with E-state index >= 15 is 0 Å². The van der Waals surface area contributed by atoms with Gasteiger partial charge in [0.15, 0.2) is 0 Å². The van der Waals surface area contributed by atoms with Crippen LogP contribution in [0.3, 0.4) is 0 Å². The molecule has 1 aliphatic heterocycles. The Bertz CT molecular complexity index is 2230. The minimum Gasteiger partial charge on any atom is -0.467 e. The fourth-order valence-electron chi connectivity index (χ4n) is 7.91. The normalized spacial score (nSPS) is 15.8. The SMILES string of the molecule is COC(=O)C(C)(C)NC(=O)C(C)(C)NC(=O)[C@@H](NC(=O)[C@@H]1CCCN1C(=O)C(C)(C)NC(=O)[C@H](CC(C)C)NC(=O)CNC(=O)C(C)(C)NC(=O)[C@H](CC(C)C)NC(=O)C(C)(C)NC(=O)[C@H](C)NC(=O)OC(C)(C)C)C(C)C. The summed E-state index contributed by atoms with van der Waals surface area (Å²) in [4.78, 5) is 162. The lowest BCUT2D eigenvalue weighted by Crippen LogP contribution is -2.65. The standard InChI is InChI=1S/C53H93N11O14/c1-28(2)25-32(38(67)61-52(17,18)45(74)64-24-22-23-34(64)40(69)58-36(30(5)6)41(70)62-51(15,16)44(73)63-53(19,20)46(75)77-21)56-35(65)27-54-42(71)49(11,12)60-39(68)33(26-29(3)4)57-43(72)50(13,14)59-37(66)31(7)55-47(76)78-48(8,9)10/h28-34,36H,22-27H2,1-21H3,(H,54,71)(H,55,76)(H,56,65)(H,57,72)(H,58,69)(H,59,66)(H,60,68)(H,61,67)(H,62,70)(H,63,73)/t31-,32-,33-,34-,36-/m0/s1. The summed E-state index contributed by atoms with van der Waals surface area (Å²) < 4.78 is 9.95. The molecule has 0 aromatic carbocycles. The summed E-state index contributed by atoms with van der Waals surface area (Å²) in [6.07, 6.45) is 0.104. The van der Waals surface area contributed by atoms with Crippen LogP contribution in [0.2, 0.25) is 0 Å². The van der Waals surface area contributed by atoms with Gasteiger partial charge in [-0.15, -0.1) is 0 Å². The molecule has 25 heteroatoms. The van der Waals surface area contributed by atoms with E-state index in [4.69, 9.17) is 9.47 Å². The van der Waals surface area contributed by atoms with Gasteiger partial charge in [0.25, 0.3) is 0 Å². The highest BCUT2D eigenvalue weighted by Gasteiger charge is 2.45. The number of hydrogen-bond donors (Lipinski definition) is 10. The lowest BCUT2D eigenvalue weighted by atomic mass is 9.97. The average molecular weight is 1110 g/mol. The molecule has 0 unspecified atom stereocenters. The Kier molecular flexibility index (Phi) is 24.8. The van der Waals surface area contributed by atoms with Gasteiger partial charge in [-0.2, -0.15) is 0 Å². The maximum atomic E-state index is 14.2. The lowest BCUT2D eigenvalue weighted by molar-refractivity contribution is -0.150. The first-order valence-electron chi connectivity index (χ1n) is 26.5. The Labute approximate surface area is 460 Å². The van der Waals surface area contributed by atoms with Crippen LogP contribution in [0.5, 0.6) is 0 Å². The summed E-state index contributed by atoms with van der Waals surface area (Å²) in [5.74, 6) is -8.48. The van der Waals surface area contributed by atoms with Crippen molar-refractivity contribution in [3.63, 3.8) is 0 Å². The van der Waals surface area contributed by atoms with Gasteiger partial charge >= 0.3 is 12.1 Å². The summed E-state index contributed by atoms with van der Waals surface area (Å²) in [5.41, 5.74) is -8.58. The third kappa shape index (κ3) is 21.7. The van der Waals surface area contributed by atoms with Gasteiger partial charge in [-0.3, -0.25) is 47.9 Å². The first-order chi connectivity index (χ1) is 35.3. The Morgan fingerprint density at radius 1 is 0.526 bits per heavy atom. The predicted octanol–water partition coefficient (Wildman–Crippen LogP) is 0.856. The first-order valence-corrected chi connectivity index (χ1v) is 26.5. The van der Waals surface area contributed by atoms with E-state index in [9.17, 15) is 57.5 Å². The number of alkyl carbamates (subject to hydrolysis) is 1. The average Bonchev–Trinajstić information content (AvgIpc) is 3.77. The molecule has 1 aliphatic rings. The number of likely N-dealkylation sites (tertiary alicyclic amines) is 1. The predicted molar refractivity (Wildman–Crippen MR) is 289 cm³/mol. The molecule has 1 saturated heterocycles. The molecule has 78 heavy (non-hydrogen) atoms. The van der Waals surface area contributed by atoms with Crippen LogP contribution in [0, 0.1) is 17.8 Å². The van der Waals surface area contributed by atoms with E-state index in [-0.39, 0.29) is 37.6 Å². The van der Waals surface area contributed by atoms with Gasteiger partial charge in [0, 0.05) is 6.54 Å². The molecular formula is C53H93N11O14. The molecule has 0 aromatic heterocycles. The molecule has 1 fully saturated rings. The quantitative estimate of drug-likeness (QED) is 0.0538. The van der Waals surface area contributed by atoms with E-state index in [1.807, 2.05) is 27.7 Å². The smallest absolute Gasteiger partial charge is 0.408 e. The van der Waals surface area contributed by atoms with Crippen LogP contribution in [0.1, 0.15) is 164 Å². The highest BCUT2D eigenvalue weighted by Crippen LogP contribution is 2.23. The maximum Gasteiger partial charge on any atom is 0.408 e. The van der Waals surface area contributed by atoms with E-state index in [0.29, 0.717) is 6.42 Å². The molecule has 11 amide bonds. The third-order valence-corrected chi connectivity index (χ3v) is 12.4. The van der Waals surface area contributed by atoms with Crippen molar-refractivity contribution in [3.8, 4) is 0 Å². The number of carbonyl (C=O) groups excluding carboxylic acids is 12. The molecular weight excluding hydrogens is 1010 g/mol. The highest BCUT2D eigenvalue weighted by atomic mass is 16.6. The van der Waals surface area contributed by atoms with Crippen LogP contribution in [0.4, 0.5) is 4.79 Å². The second-order valence-corrected chi connectivity index (χ2v) is 24.9. The van der Waals surface area contributed by atoms with E-state index in [1.165, 1.54) is 88.2 Å². The molecule has 0 aromatic rings.